The van der Waals surface area contributed by atoms with E-state index in [9.17, 15) is 0 Å². The quantitative estimate of drug-likeness (QED) is 0.786. The third-order valence-corrected chi connectivity index (χ3v) is 3.75. The molecular formula is C11H19NOS. The molecule has 0 aromatic carbocycles. The van der Waals surface area contributed by atoms with Gasteiger partial charge in [0, 0.05) is 11.3 Å². The molecule has 0 radical (unpaired) electrons. The van der Waals surface area contributed by atoms with Crippen LogP contribution in [0.5, 0.6) is 0 Å². The molecule has 0 aliphatic rings. The maximum absolute atomic E-state index is 5.29. The van der Waals surface area contributed by atoms with E-state index < -0.39 is 0 Å². The summed E-state index contributed by atoms with van der Waals surface area (Å²) in [5.74, 6) is 2.03. The fourth-order valence-electron chi connectivity index (χ4n) is 1.50. The van der Waals surface area contributed by atoms with Crippen LogP contribution >= 0.6 is 11.8 Å². The van der Waals surface area contributed by atoms with Crippen molar-refractivity contribution < 1.29 is 4.42 Å². The van der Waals surface area contributed by atoms with Crippen molar-refractivity contribution in [3.8, 4) is 0 Å². The van der Waals surface area contributed by atoms with Crippen molar-refractivity contribution in [2.24, 2.45) is 0 Å². The normalized spacial score (nSPS) is 15.4. The van der Waals surface area contributed by atoms with Gasteiger partial charge >= 0.3 is 0 Å². The van der Waals surface area contributed by atoms with Crippen LogP contribution in [0.25, 0.3) is 0 Å². The molecule has 1 heterocycles. The Bertz CT molecular complexity index is 231. The zero-order valence-corrected chi connectivity index (χ0v) is 9.93. The molecule has 0 aliphatic carbocycles. The van der Waals surface area contributed by atoms with E-state index in [1.165, 1.54) is 6.42 Å². The molecule has 0 fully saturated rings. The summed E-state index contributed by atoms with van der Waals surface area (Å²) < 4.78 is 5.29. The Kier molecular flexibility index (Phi) is 5.12. The van der Waals surface area contributed by atoms with E-state index >= 15 is 0 Å². The van der Waals surface area contributed by atoms with Crippen molar-refractivity contribution in [3.05, 3.63) is 24.2 Å². The minimum absolute atomic E-state index is 0.593. The van der Waals surface area contributed by atoms with Gasteiger partial charge in [0.25, 0.3) is 0 Å². The summed E-state index contributed by atoms with van der Waals surface area (Å²) in [6.45, 7) is 4.48. The van der Waals surface area contributed by atoms with Crippen LogP contribution in [0.1, 0.15) is 26.0 Å². The van der Waals surface area contributed by atoms with Crippen LogP contribution in [-0.4, -0.2) is 18.3 Å². The Hall–Kier alpha value is -0.410. The van der Waals surface area contributed by atoms with Crippen LogP contribution in [0.15, 0.2) is 22.8 Å². The van der Waals surface area contributed by atoms with E-state index in [-0.39, 0.29) is 0 Å². The van der Waals surface area contributed by atoms with Crippen molar-refractivity contribution in [1.82, 2.24) is 5.32 Å². The second kappa shape index (κ2) is 6.14. The monoisotopic (exact) mass is 213 g/mol. The lowest BCUT2D eigenvalue weighted by atomic mass is 10.2. The van der Waals surface area contributed by atoms with Crippen LogP contribution in [0, 0.1) is 0 Å². The van der Waals surface area contributed by atoms with Gasteiger partial charge in [-0.3, -0.25) is 0 Å². The van der Waals surface area contributed by atoms with Crippen molar-refractivity contribution in [2.75, 3.05) is 7.05 Å². The Morgan fingerprint density at radius 3 is 2.86 bits per heavy atom. The highest BCUT2D eigenvalue weighted by Gasteiger charge is 2.13. The van der Waals surface area contributed by atoms with Crippen molar-refractivity contribution in [2.45, 2.75) is 37.3 Å². The molecule has 2 nitrogen and oxygen atoms in total. The predicted octanol–water partition coefficient (Wildman–Crippen LogP) is 2.90. The third-order valence-electron chi connectivity index (χ3n) is 2.45. The molecule has 0 amide bonds. The Balaban J connectivity index is 2.30. The average molecular weight is 213 g/mol. The molecule has 1 N–H and O–H groups in total. The second-order valence-corrected chi connectivity index (χ2v) is 4.76. The summed E-state index contributed by atoms with van der Waals surface area (Å²) in [5, 5.41) is 3.95. The van der Waals surface area contributed by atoms with Crippen LogP contribution in [0.3, 0.4) is 0 Å². The van der Waals surface area contributed by atoms with Crippen molar-refractivity contribution >= 4 is 11.8 Å². The lowest BCUT2D eigenvalue weighted by molar-refractivity contribution is 0.525. The first-order valence-corrected chi connectivity index (χ1v) is 6.14. The summed E-state index contributed by atoms with van der Waals surface area (Å²) in [7, 11) is 2.03. The number of hydrogen-bond donors (Lipinski definition) is 1. The van der Waals surface area contributed by atoms with Gasteiger partial charge in [-0.05, 0) is 25.6 Å². The van der Waals surface area contributed by atoms with Crippen molar-refractivity contribution in [1.29, 1.82) is 0 Å². The molecule has 14 heavy (non-hydrogen) atoms. The molecular weight excluding hydrogens is 194 g/mol. The summed E-state index contributed by atoms with van der Waals surface area (Å²) in [6, 6.07) is 4.56. The van der Waals surface area contributed by atoms with E-state index in [0.29, 0.717) is 11.3 Å². The van der Waals surface area contributed by atoms with Gasteiger partial charge in [-0.2, -0.15) is 0 Å². The molecule has 1 rings (SSSR count). The maximum Gasteiger partial charge on any atom is 0.113 e. The Morgan fingerprint density at radius 1 is 1.57 bits per heavy atom. The molecule has 3 heteroatoms. The van der Waals surface area contributed by atoms with Gasteiger partial charge in [-0.15, -0.1) is 11.8 Å². The highest BCUT2D eigenvalue weighted by atomic mass is 32.2. The first-order valence-electron chi connectivity index (χ1n) is 5.09. The molecule has 1 aromatic heterocycles. The SMILES string of the molecule is CCC(NC)C(C)SCc1ccco1. The first-order chi connectivity index (χ1) is 6.77. The maximum atomic E-state index is 5.29. The minimum atomic E-state index is 0.593. The predicted molar refractivity (Wildman–Crippen MR) is 62.6 cm³/mol. The van der Waals surface area contributed by atoms with Gasteiger partial charge in [0.05, 0.1) is 12.0 Å². The number of rotatable bonds is 6. The average Bonchev–Trinajstić information content (AvgIpc) is 2.69. The fraction of sp³-hybridized carbons (Fsp3) is 0.636. The number of thioether (sulfide) groups is 1. The second-order valence-electron chi connectivity index (χ2n) is 3.40. The standard InChI is InChI=1S/C11H19NOS/c1-4-11(12-3)9(2)14-8-10-6-5-7-13-10/h5-7,9,11-12H,4,8H2,1-3H3. The summed E-state index contributed by atoms with van der Waals surface area (Å²) >= 11 is 1.94. The zero-order chi connectivity index (χ0) is 10.4. The van der Waals surface area contributed by atoms with Gasteiger partial charge in [-0.25, -0.2) is 0 Å². The lowest BCUT2D eigenvalue weighted by Gasteiger charge is -2.21. The van der Waals surface area contributed by atoms with E-state index in [1.807, 2.05) is 30.9 Å². The van der Waals surface area contributed by atoms with E-state index in [0.717, 1.165) is 11.5 Å². The van der Waals surface area contributed by atoms with Crippen LogP contribution in [0.2, 0.25) is 0 Å². The molecule has 0 saturated heterocycles. The van der Waals surface area contributed by atoms with Gasteiger partial charge < -0.3 is 9.73 Å². The summed E-state index contributed by atoms with van der Waals surface area (Å²) in [5.41, 5.74) is 0. The van der Waals surface area contributed by atoms with Gasteiger partial charge in [0.2, 0.25) is 0 Å². The van der Waals surface area contributed by atoms with E-state index in [1.54, 1.807) is 6.26 Å². The first kappa shape index (κ1) is 11.7. The molecule has 80 valence electrons. The highest BCUT2D eigenvalue weighted by Crippen LogP contribution is 2.21. The summed E-state index contributed by atoms with van der Waals surface area (Å²) in [6.07, 6.45) is 2.90. The molecule has 0 aliphatic heterocycles. The number of hydrogen-bond acceptors (Lipinski definition) is 3. The van der Waals surface area contributed by atoms with Gasteiger partial charge in [0.15, 0.2) is 0 Å². The highest BCUT2D eigenvalue weighted by molar-refractivity contribution is 7.99. The molecule has 2 atom stereocenters. The smallest absolute Gasteiger partial charge is 0.113 e. The molecule has 1 aromatic rings. The fourth-order valence-corrected chi connectivity index (χ4v) is 2.65. The molecule has 0 spiro atoms. The van der Waals surface area contributed by atoms with Crippen LogP contribution in [0.4, 0.5) is 0 Å². The topological polar surface area (TPSA) is 25.2 Å². The lowest BCUT2D eigenvalue weighted by Crippen LogP contribution is -2.33. The molecule has 0 saturated carbocycles. The Labute approximate surface area is 90.5 Å². The van der Waals surface area contributed by atoms with E-state index in [2.05, 4.69) is 19.2 Å². The van der Waals surface area contributed by atoms with Gasteiger partial charge in [0.1, 0.15) is 5.76 Å². The number of furan rings is 1. The third kappa shape index (κ3) is 3.39. The summed E-state index contributed by atoms with van der Waals surface area (Å²) in [4.78, 5) is 0. The number of nitrogens with one attached hydrogen (secondary N) is 1. The largest absolute Gasteiger partial charge is 0.468 e. The minimum Gasteiger partial charge on any atom is -0.468 e. The van der Waals surface area contributed by atoms with Crippen molar-refractivity contribution in [3.63, 3.8) is 0 Å². The van der Waals surface area contributed by atoms with Crippen LogP contribution < -0.4 is 5.32 Å². The molecule has 0 bridgehead atoms. The molecule has 2 unspecified atom stereocenters. The van der Waals surface area contributed by atoms with Gasteiger partial charge in [-0.1, -0.05) is 13.8 Å². The van der Waals surface area contributed by atoms with E-state index in [4.69, 9.17) is 4.42 Å². The zero-order valence-electron chi connectivity index (χ0n) is 9.12. The Morgan fingerprint density at radius 2 is 2.36 bits per heavy atom. The van der Waals surface area contributed by atoms with Crippen LogP contribution in [-0.2, 0) is 5.75 Å².